The number of anilines is 2. The third kappa shape index (κ3) is 9.48. The molecule has 2 aliphatic rings. The molecule has 1 aromatic heterocycles. The van der Waals surface area contributed by atoms with E-state index in [1.807, 2.05) is 12.1 Å². The molecule has 50 heavy (non-hydrogen) atoms. The molecule has 0 aliphatic carbocycles. The number of hydrogen-bond donors (Lipinski definition) is 2. The van der Waals surface area contributed by atoms with Crippen molar-refractivity contribution in [2.75, 3.05) is 69.7 Å². The number of carbonyl (C=O) groups is 6. The number of hydrogen-bond acceptors (Lipinski definition) is 8. The van der Waals surface area contributed by atoms with E-state index in [4.69, 9.17) is 0 Å². The zero-order chi connectivity index (χ0) is 35.5. The third-order valence-corrected chi connectivity index (χ3v) is 8.53. The third-order valence-electron chi connectivity index (χ3n) is 8.53. The minimum Gasteiger partial charge on any atom is -0.342 e. The first-order valence-electron chi connectivity index (χ1n) is 16.5. The Kier molecular flexibility index (Phi) is 12.2. The molecule has 3 heterocycles. The smallest absolute Gasteiger partial charge is 0.321 e. The van der Waals surface area contributed by atoms with E-state index in [0.29, 0.717) is 63.2 Å². The van der Waals surface area contributed by atoms with Crippen molar-refractivity contribution in [1.82, 2.24) is 34.6 Å². The topological polar surface area (TPSA) is 170 Å². The second-order valence-electron chi connectivity index (χ2n) is 12.1. The van der Waals surface area contributed by atoms with Gasteiger partial charge in [-0.05, 0) is 55.2 Å². The van der Waals surface area contributed by atoms with Crippen LogP contribution in [0, 0.1) is 0 Å². The lowest BCUT2D eigenvalue weighted by Crippen LogP contribution is -2.51. The minimum absolute atomic E-state index is 0.188. The first kappa shape index (κ1) is 35.6. The molecule has 2 aliphatic heterocycles. The van der Waals surface area contributed by atoms with Crippen LogP contribution in [0.3, 0.4) is 0 Å². The molecule has 16 heteroatoms. The van der Waals surface area contributed by atoms with E-state index >= 15 is 0 Å². The molecular weight excluding hydrogens is 649 g/mol. The molecule has 0 saturated carbocycles. The number of carbonyl (C=O) groups excluding carboxylic acids is 6. The Bertz CT molecular complexity index is 1680. The van der Waals surface area contributed by atoms with E-state index < -0.39 is 12.6 Å². The predicted octanol–water partition coefficient (Wildman–Crippen LogP) is 1.85. The Morgan fingerprint density at radius 1 is 0.760 bits per heavy atom. The monoisotopic (exact) mass is 689 g/mol. The molecule has 0 unspecified atom stereocenters. The van der Waals surface area contributed by atoms with Crippen molar-refractivity contribution < 1.29 is 33.2 Å². The molecule has 0 bridgehead atoms. The molecular formula is C34H40FN9O6. The number of amides is 6. The number of aromatic nitrogens is 3. The van der Waals surface area contributed by atoms with Crippen LogP contribution in [0.25, 0.3) is 0 Å². The van der Waals surface area contributed by atoms with Gasteiger partial charge in [0.2, 0.25) is 12.3 Å². The van der Waals surface area contributed by atoms with Crippen molar-refractivity contribution in [2.24, 2.45) is 0 Å². The van der Waals surface area contributed by atoms with Crippen molar-refractivity contribution in [1.29, 1.82) is 0 Å². The van der Waals surface area contributed by atoms with Crippen molar-refractivity contribution in [3.63, 3.8) is 0 Å². The number of nitrogens with one attached hydrogen (secondary N) is 2. The predicted molar refractivity (Wildman–Crippen MR) is 180 cm³/mol. The maximum absolute atomic E-state index is 13.8. The Labute approximate surface area is 288 Å². The van der Waals surface area contributed by atoms with Crippen LogP contribution in [-0.2, 0) is 33.8 Å². The highest BCUT2D eigenvalue weighted by Gasteiger charge is 2.28. The lowest BCUT2D eigenvalue weighted by molar-refractivity contribution is -0.119. The van der Waals surface area contributed by atoms with E-state index in [1.165, 1.54) is 22.9 Å². The molecule has 0 radical (unpaired) electrons. The normalized spacial score (nSPS) is 14.7. The molecule has 6 amide bonds. The van der Waals surface area contributed by atoms with Gasteiger partial charge in [-0.1, -0.05) is 17.3 Å². The molecule has 2 fully saturated rings. The van der Waals surface area contributed by atoms with Gasteiger partial charge in [0, 0.05) is 87.5 Å². The molecule has 0 atom stereocenters. The number of aldehydes is 1. The van der Waals surface area contributed by atoms with E-state index in [0.717, 1.165) is 18.3 Å². The van der Waals surface area contributed by atoms with Crippen LogP contribution < -0.4 is 10.6 Å². The van der Waals surface area contributed by atoms with Crippen LogP contribution >= 0.6 is 0 Å². The summed E-state index contributed by atoms with van der Waals surface area (Å²) in [5, 5.41) is 13.5. The Hall–Kier alpha value is -5.67. The summed E-state index contributed by atoms with van der Waals surface area (Å²) in [4.78, 5) is 81.4. The lowest BCUT2D eigenvalue weighted by atomic mass is 10.1. The number of halogens is 1. The van der Waals surface area contributed by atoms with Gasteiger partial charge in [-0.2, -0.15) is 0 Å². The number of rotatable bonds is 13. The molecule has 5 rings (SSSR count). The van der Waals surface area contributed by atoms with Crippen molar-refractivity contribution >= 4 is 47.8 Å². The lowest BCUT2D eigenvalue weighted by Gasteiger charge is -2.35. The van der Waals surface area contributed by atoms with Gasteiger partial charge in [-0.15, -0.1) is 5.10 Å². The van der Waals surface area contributed by atoms with Gasteiger partial charge < -0.3 is 35.0 Å². The van der Waals surface area contributed by atoms with Gasteiger partial charge in [0.05, 0.1) is 12.4 Å². The largest absolute Gasteiger partial charge is 0.342 e. The Morgan fingerprint density at radius 3 is 1.98 bits per heavy atom. The van der Waals surface area contributed by atoms with Gasteiger partial charge in [0.15, 0.2) is 0 Å². The summed E-state index contributed by atoms with van der Waals surface area (Å²) < 4.78 is 13.9. The van der Waals surface area contributed by atoms with Crippen LogP contribution in [-0.4, -0.2) is 130 Å². The van der Waals surface area contributed by atoms with E-state index in [-0.39, 0.29) is 67.4 Å². The molecule has 15 nitrogen and oxygen atoms in total. The number of aryl methyl sites for hydroxylation is 2. The van der Waals surface area contributed by atoms with Crippen LogP contribution in [0.2, 0.25) is 0 Å². The first-order valence-corrected chi connectivity index (χ1v) is 16.5. The number of benzene rings is 2. The fourth-order valence-corrected chi connectivity index (χ4v) is 5.76. The minimum atomic E-state index is -0.484. The average molecular weight is 690 g/mol. The summed E-state index contributed by atoms with van der Waals surface area (Å²) in [7, 11) is 0. The van der Waals surface area contributed by atoms with Crippen LogP contribution in [0.1, 0.15) is 44.8 Å². The van der Waals surface area contributed by atoms with Crippen molar-refractivity contribution in [2.45, 2.75) is 32.2 Å². The highest BCUT2D eigenvalue weighted by Crippen LogP contribution is 2.21. The second kappa shape index (κ2) is 17.1. The zero-order valence-electron chi connectivity index (χ0n) is 27.6. The molecule has 2 aromatic carbocycles. The van der Waals surface area contributed by atoms with Gasteiger partial charge in [-0.25, -0.2) is 9.48 Å². The summed E-state index contributed by atoms with van der Waals surface area (Å²) in [6.45, 7) is 1.80. The number of piperazine rings is 2. The highest BCUT2D eigenvalue weighted by molar-refractivity contribution is 6.03. The number of urea groups is 1. The molecule has 3 aromatic rings. The standard InChI is InChI=1S/C34H40FN9O6/c35-9-1-4-29-22-44(39-38-29)23-31(47)36-30-20-26(32(48)41-12-10-40(24-46)11-13-41)19-27(21-30)33(49)42-14-16-43(17-15-42)34(50)37-28-7-5-25(6-8-28)3-2-18-45/h5-8,18-22,24H,1-4,9-17,23H2,(H,36,47)(H,37,50). The molecule has 2 saturated heterocycles. The van der Waals surface area contributed by atoms with Gasteiger partial charge in [0.1, 0.15) is 12.8 Å². The summed E-state index contributed by atoms with van der Waals surface area (Å²) >= 11 is 0. The van der Waals surface area contributed by atoms with E-state index in [2.05, 4.69) is 20.9 Å². The zero-order valence-corrected chi connectivity index (χ0v) is 27.6. The van der Waals surface area contributed by atoms with Gasteiger partial charge in [0.25, 0.3) is 11.8 Å². The van der Waals surface area contributed by atoms with Crippen LogP contribution in [0.4, 0.5) is 20.6 Å². The Morgan fingerprint density at radius 2 is 1.38 bits per heavy atom. The average Bonchev–Trinajstić information content (AvgIpc) is 3.59. The van der Waals surface area contributed by atoms with Gasteiger partial charge in [-0.3, -0.25) is 23.6 Å². The summed E-state index contributed by atoms with van der Waals surface area (Å²) in [5.74, 6) is -1.17. The van der Waals surface area contributed by atoms with Crippen LogP contribution in [0.5, 0.6) is 0 Å². The number of alkyl halides is 1. The van der Waals surface area contributed by atoms with Crippen LogP contribution in [0.15, 0.2) is 48.7 Å². The molecule has 264 valence electrons. The Balaban J connectivity index is 1.25. The maximum atomic E-state index is 13.8. The van der Waals surface area contributed by atoms with E-state index in [9.17, 15) is 33.2 Å². The maximum Gasteiger partial charge on any atom is 0.321 e. The van der Waals surface area contributed by atoms with Gasteiger partial charge >= 0.3 is 6.03 Å². The number of nitrogens with zero attached hydrogens (tertiary/aromatic N) is 7. The SMILES string of the molecule is O=CCCc1ccc(NC(=O)N2CCN(C(=O)c3cc(NC(=O)Cn4cc(CCCF)nn4)cc(C(=O)N4CCN(C=O)CC4)c3)CC2)cc1. The summed E-state index contributed by atoms with van der Waals surface area (Å²) in [6.07, 6.45) is 4.93. The second-order valence-corrected chi connectivity index (χ2v) is 12.1. The first-order chi connectivity index (χ1) is 24.3. The highest BCUT2D eigenvalue weighted by atomic mass is 19.1. The fraction of sp³-hybridized carbons (Fsp3) is 0.412. The molecule has 2 N–H and O–H groups in total. The summed E-state index contributed by atoms with van der Waals surface area (Å²) in [5.41, 5.74) is 2.81. The summed E-state index contributed by atoms with van der Waals surface area (Å²) in [6, 6.07) is 11.5. The van der Waals surface area contributed by atoms with Crippen molar-refractivity contribution in [3.8, 4) is 0 Å². The quantitative estimate of drug-likeness (QED) is 0.256. The fourth-order valence-electron chi connectivity index (χ4n) is 5.76. The molecule has 0 spiro atoms. The van der Waals surface area contributed by atoms with E-state index in [1.54, 1.807) is 37.9 Å². The van der Waals surface area contributed by atoms with Crippen molar-refractivity contribution in [3.05, 3.63) is 71.0 Å².